The Morgan fingerprint density at radius 2 is 2.11 bits per heavy atom. The molecule has 1 aromatic rings. The Labute approximate surface area is 109 Å². The predicted molar refractivity (Wildman–Crippen MR) is 72.0 cm³/mol. The molecule has 0 unspecified atom stereocenters. The van der Waals surface area contributed by atoms with Crippen molar-refractivity contribution in [2.45, 2.75) is 6.42 Å². The molecule has 1 aliphatic heterocycles. The highest BCUT2D eigenvalue weighted by Crippen LogP contribution is 2.05. The molecule has 3 nitrogen and oxygen atoms in total. The number of piperazine rings is 1. The van der Waals surface area contributed by atoms with E-state index in [-0.39, 0.29) is 5.82 Å². The smallest absolute Gasteiger partial charge is 0.123 e. The number of likely N-dealkylation sites (N-methyl/N-ethyl adjacent to an activating group) is 1. The summed E-state index contributed by atoms with van der Waals surface area (Å²) in [4.78, 5) is 4.75. The second-order valence-corrected chi connectivity index (χ2v) is 4.97. The van der Waals surface area contributed by atoms with E-state index in [1.165, 1.54) is 6.07 Å². The minimum atomic E-state index is -0.141. The molecule has 0 saturated carbocycles. The number of nitrogens with zero attached hydrogens (tertiary/aromatic N) is 2. The lowest BCUT2D eigenvalue weighted by molar-refractivity contribution is 0.140. The van der Waals surface area contributed by atoms with Crippen LogP contribution in [0.2, 0.25) is 0 Å². The van der Waals surface area contributed by atoms with Crippen molar-refractivity contribution < 1.29 is 4.39 Å². The number of nitrogens with one attached hydrogen (secondary N) is 1. The summed E-state index contributed by atoms with van der Waals surface area (Å²) in [6.45, 7) is 6.36. The van der Waals surface area contributed by atoms with Gasteiger partial charge in [-0.2, -0.15) is 0 Å². The van der Waals surface area contributed by atoms with Crippen molar-refractivity contribution in [2.75, 3.05) is 46.4 Å². The Morgan fingerprint density at radius 3 is 2.83 bits per heavy atom. The fourth-order valence-electron chi connectivity index (χ4n) is 2.28. The van der Waals surface area contributed by atoms with E-state index in [0.29, 0.717) is 0 Å². The largest absolute Gasteiger partial charge is 0.314 e. The molecule has 1 N–H and O–H groups in total. The first kappa shape index (κ1) is 13.5. The highest BCUT2D eigenvalue weighted by Gasteiger charge is 2.11. The molecule has 2 rings (SSSR count). The van der Waals surface area contributed by atoms with Crippen LogP contribution in [-0.4, -0.2) is 56.2 Å². The van der Waals surface area contributed by atoms with Crippen molar-refractivity contribution >= 4 is 0 Å². The predicted octanol–water partition coefficient (Wildman–Crippen LogP) is 1.16. The van der Waals surface area contributed by atoms with Crippen molar-refractivity contribution in [1.29, 1.82) is 0 Å². The molecular weight excluding hydrogens is 229 g/mol. The SMILES string of the molecule is CN(CCc1cccc(F)c1)CN1CCNCC1. The van der Waals surface area contributed by atoms with E-state index in [2.05, 4.69) is 22.2 Å². The minimum Gasteiger partial charge on any atom is -0.314 e. The lowest BCUT2D eigenvalue weighted by Crippen LogP contribution is -2.47. The lowest BCUT2D eigenvalue weighted by Gasteiger charge is -2.31. The average Bonchev–Trinajstić information content (AvgIpc) is 2.38. The Morgan fingerprint density at radius 1 is 1.33 bits per heavy atom. The van der Waals surface area contributed by atoms with Gasteiger partial charge in [-0.3, -0.25) is 9.80 Å². The third-order valence-electron chi connectivity index (χ3n) is 3.32. The summed E-state index contributed by atoms with van der Waals surface area (Å²) in [5.41, 5.74) is 1.07. The van der Waals surface area contributed by atoms with Crippen LogP contribution in [-0.2, 0) is 6.42 Å². The molecule has 1 heterocycles. The van der Waals surface area contributed by atoms with E-state index >= 15 is 0 Å². The van der Waals surface area contributed by atoms with Gasteiger partial charge in [0.25, 0.3) is 0 Å². The molecule has 0 spiro atoms. The second kappa shape index (κ2) is 6.83. The monoisotopic (exact) mass is 251 g/mol. The highest BCUT2D eigenvalue weighted by molar-refractivity contribution is 5.16. The zero-order valence-electron chi connectivity index (χ0n) is 11.0. The van der Waals surface area contributed by atoms with Gasteiger partial charge in [-0.15, -0.1) is 0 Å². The molecule has 1 fully saturated rings. The molecular formula is C14H22FN3. The first-order chi connectivity index (χ1) is 8.74. The Balaban J connectivity index is 1.72. The van der Waals surface area contributed by atoms with Crippen LogP contribution in [0.25, 0.3) is 0 Å². The van der Waals surface area contributed by atoms with Crippen molar-refractivity contribution in [1.82, 2.24) is 15.1 Å². The minimum absolute atomic E-state index is 0.141. The quantitative estimate of drug-likeness (QED) is 0.847. The van der Waals surface area contributed by atoms with Crippen molar-refractivity contribution in [3.63, 3.8) is 0 Å². The number of hydrogen-bond acceptors (Lipinski definition) is 3. The molecule has 100 valence electrons. The molecule has 1 saturated heterocycles. The van der Waals surface area contributed by atoms with Crippen LogP contribution in [0, 0.1) is 5.82 Å². The first-order valence-electron chi connectivity index (χ1n) is 6.60. The van der Waals surface area contributed by atoms with Gasteiger partial charge in [-0.25, -0.2) is 4.39 Å². The maximum Gasteiger partial charge on any atom is 0.123 e. The van der Waals surface area contributed by atoms with Crippen molar-refractivity contribution in [3.8, 4) is 0 Å². The molecule has 0 aromatic heterocycles. The van der Waals surface area contributed by atoms with Gasteiger partial charge in [0.05, 0.1) is 6.67 Å². The number of benzene rings is 1. The summed E-state index contributed by atoms with van der Waals surface area (Å²) in [7, 11) is 2.13. The standard InChI is InChI=1S/C14H22FN3/c1-17(12-18-9-6-16-7-10-18)8-5-13-3-2-4-14(15)11-13/h2-4,11,16H,5-10,12H2,1H3. The molecule has 0 bridgehead atoms. The maximum absolute atomic E-state index is 13.0. The van der Waals surface area contributed by atoms with Crippen LogP contribution in [0.5, 0.6) is 0 Å². The van der Waals surface area contributed by atoms with Gasteiger partial charge in [0.2, 0.25) is 0 Å². The zero-order valence-corrected chi connectivity index (χ0v) is 11.0. The molecule has 0 atom stereocenters. The number of halogens is 1. The van der Waals surface area contributed by atoms with E-state index in [1.807, 2.05) is 6.07 Å². The third kappa shape index (κ3) is 4.37. The van der Waals surface area contributed by atoms with Gasteiger partial charge in [0, 0.05) is 32.7 Å². The van der Waals surface area contributed by atoms with Crippen molar-refractivity contribution in [2.24, 2.45) is 0 Å². The highest BCUT2D eigenvalue weighted by atomic mass is 19.1. The van der Waals surface area contributed by atoms with Crippen LogP contribution in [0.1, 0.15) is 5.56 Å². The zero-order chi connectivity index (χ0) is 12.8. The summed E-state index contributed by atoms with van der Waals surface area (Å²) >= 11 is 0. The summed E-state index contributed by atoms with van der Waals surface area (Å²) < 4.78 is 13.0. The Kier molecular flexibility index (Phi) is 5.11. The molecule has 18 heavy (non-hydrogen) atoms. The number of hydrogen-bond donors (Lipinski definition) is 1. The molecule has 1 aliphatic rings. The van der Waals surface area contributed by atoms with Gasteiger partial charge < -0.3 is 5.32 Å². The third-order valence-corrected chi connectivity index (χ3v) is 3.32. The van der Waals surface area contributed by atoms with E-state index in [0.717, 1.165) is 51.4 Å². The van der Waals surface area contributed by atoms with E-state index < -0.39 is 0 Å². The summed E-state index contributed by atoms with van der Waals surface area (Å²) in [5.74, 6) is -0.141. The number of rotatable bonds is 5. The summed E-state index contributed by atoms with van der Waals surface area (Å²) in [6.07, 6.45) is 0.903. The van der Waals surface area contributed by atoms with Gasteiger partial charge in [0.15, 0.2) is 0 Å². The van der Waals surface area contributed by atoms with Crippen LogP contribution in [0.4, 0.5) is 4.39 Å². The molecule has 4 heteroatoms. The van der Waals surface area contributed by atoms with Gasteiger partial charge in [-0.05, 0) is 31.2 Å². The van der Waals surface area contributed by atoms with E-state index in [9.17, 15) is 4.39 Å². The lowest BCUT2D eigenvalue weighted by atomic mass is 10.1. The van der Waals surface area contributed by atoms with Crippen LogP contribution >= 0.6 is 0 Å². The van der Waals surface area contributed by atoms with Crippen LogP contribution in [0.3, 0.4) is 0 Å². The van der Waals surface area contributed by atoms with Crippen LogP contribution < -0.4 is 5.32 Å². The summed E-state index contributed by atoms with van der Waals surface area (Å²) in [5, 5.41) is 3.35. The summed E-state index contributed by atoms with van der Waals surface area (Å²) in [6, 6.07) is 6.88. The van der Waals surface area contributed by atoms with Crippen molar-refractivity contribution in [3.05, 3.63) is 35.6 Å². The molecule has 0 amide bonds. The van der Waals surface area contributed by atoms with Gasteiger partial charge in [-0.1, -0.05) is 12.1 Å². The molecule has 1 aromatic carbocycles. The average molecular weight is 251 g/mol. The van der Waals surface area contributed by atoms with E-state index in [4.69, 9.17) is 0 Å². The maximum atomic E-state index is 13.0. The second-order valence-electron chi connectivity index (χ2n) is 4.97. The topological polar surface area (TPSA) is 18.5 Å². The van der Waals surface area contributed by atoms with E-state index in [1.54, 1.807) is 12.1 Å². The normalized spacial score (nSPS) is 17.3. The fourth-order valence-corrected chi connectivity index (χ4v) is 2.28. The van der Waals surface area contributed by atoms with Gasteiger partial charge >= 0.3 is 0 Å². The fraction of sp³-hybridized carbons (Fsp3) is 0.571. The Bertz CT molecular complexity index is 364. The van der Waals surface area contributed by atoms with Crippen LogP contribution in [0.15, 0.2) is 24.3 Å². The molecule has 0 aliphatic carbocycles. The first-order valence-corrected chi connectivity index (χ1v) is 6.60. The molecule has 0 radical (unpaired) electrons. The Hall–Kier alpha value is -0.970. The van der Waals surface area contributed by atoms with Gasteiger partial charge in [0.1, 0.15) is 5.82 Å².